The van der Waals surface area contributed by atoms with Crippen LogP contribution >= 0.6 is 0 Å². The molecule has 0 bridgehead atoms. The van der Waals surface area contributed by atoms with Crippen molar-refractivity contribution in [2.45, 2.75) is 50.2 Å². The topological polar surface area (TPSA) is 66.9 Å². The Morgan fingerprint density at radius 3 is 2.67 bits per heavy atom. The van der Waals surface area contributed by atoms with Gasteiger partial charge >= 0.3 is 0 Å². The molecule has 0 saturated carbocycles. The number of carbonyl (C=O) groups is 1. The number of rotatable bonds is 2. The lowest BCUT2D eigenvalue weighted by atomic mass is 10.0. The van der Waals surface area contributed by atoms with Gasteiger partial charge in [-0.1, -0.05) is 0 Å². The van der Waals surface area contributed by atoms with Crippen LogP contribution in [-0.2, 0) is 26.0 Å². The van der Waals surface area contributed by atoms with E-state index >= 15 is 0 Å². The fraction of sp³-hybridized carbons (Fsp3) is 0.588. The van der Waals surface area contributed by atoms with Gasteiger partial charge in [-0.25, -0.2) is 8.42 Å². The van der Waals surface area contributed by atoms with E-state index < -0.39 is 15.6 Å². The smallest absolute Gasteiger partial charge is 0.243 e. The molecule has 1 aromatic rings. The van der Waals surface area contributed by atoms with E-state index in [2.05, 4.69) is 0 Å². The van der Waals surface area contributed by atoms with Crippen LogP contribution < -0.4 is 4.90 Å². The lowest BCUT2D eigenvalue weighted by molar-refractivity contribution is -0.118. The second-order valence-electron chi connectivity index (χ2n) is 7.21. The Morgan fingerprint density at radius 2 is 1.96 bits per heavy atom. The lowest BCUT2D eigenvalue weighted by Crippen LogP contribution is -2.57. The predicted octanol–water partition coefficient (Wildman–Crippen LogP) is 1.78. The number of carbonyl (C=O) groups excluding carboxylic acids is 1. The number of nitrogens with zero attached hydrogens (tertiary/aromatic N) is 2. The van der Waals surface area contributed by atoms with Gasteiger partial charge in [-0.3, -0.25) is 4.79 Å². The first-order chi connectivity index (χ1) is 11.1. The zero-order valence-electron chi connectivity index (χ0n) is 14.6. The minimum atomic E-state index is -3.62. The molecule has 0 radical (unpaired) electrons. The van der Waals surface area contributed by atoms with E-state index in [1.807, 2.05) is 20.8 Å². The lowest BCUT2D eigenvalue weighted by Gasteiger charge is -2.43. The third-order valence-corrected chi connectivity index (χ3v) is 6.88. The van der Waals surface area contributed by atoms with Crippen LogP contribution in [0, 0.1) is 0 Å². The Bertz CT molecular complexity index is 773. The fourth-order valence-electron chi connectivity index (χ4n) is 3.30. The molecule has 0 N–H and O–H groups in total. The number of sulfonamides is 1. The van der Waals surface area contributed by atoms with E-state index in [-0.39, 0.29) is 16.9 Å². The van der Waals surface area contributed by atoms with Crippen LogP contribution in [0.3, 0.4) is 0 Å². The summed E-state index contributed by atoms with van der Waals surface area (Å²) < 4.78 is 33.5. The van der Waals surface area contributed by atoms with Crippen molar-refractivity contribution < 1.29 is 17.9 Å². The zero-order valence-corrected chi connectivity index (χ0v) is 15.4. The summed E-state index contributed by atoms with van der Waals surface area (Å²) in [5.41, 5.74) is 1.10. The van der Waals surface area contributed by atoms with Gasteiger partial charge in [-0.05, 0) is 51.0 Å². The maximum atomic E-state index is 13.2. The van der Waals surface area contributed by atoms with Crippen molar-refractivity contribution in [1.29, 1.82) is 0 Å². The van der Waals surface area contributed by atoms with Crippen LogP contribution in [0.1, 0.15) is 32.8 Å². The Labute approximate surface area is 143 Å². The van der Waals surface area contributed by atoms with Crippen LogP contribution in [0.25, 0.3) is 0 Å². The molecular weight excluding hydrogens is 328 g/mol. The maximum Gasteiger partial charge on any atom is 0.243 e. The van der Waals surface area contributed by atoms with Crippen LogP contribution in [0.2, 0.25) is 0 Å². The van der Waals surface area contributed by atoms with Gasteiger partial charge in [0.1, 0.15) is 0 Å². The minimum absolute atomic E-state index is 0.0567. The van der Waals surface area contributed by atoms with Crippen molar-refractivity contribution in [3.63, 3.8) is 0 Å². The summed E-state index contributed by atoms with van der Waals surface area (Å²) >= 11 is 0. The van der Waals surface area contributed by atoms with Gasteiger partial charge in [-0.15, -0.1) is 0 Å². The van der Waals surface area contributed by atoms with Gasteiger partial charge in [0.2, 0.25) is 15.9 Å². The van der Waals surface area contributed by atoms with E-state index in [1.165, 1.54) is 4.31 Å². The molecule has 1 fully saturated rings. The molecule has 2 aliphatic heterocycles. The molecule has 2 aliphatic rings. The zero-order chi connectivity index (χ0) is 17.7. The number of morpholine rings is 1. The molecule has 3 rings (SSSR count). The summed E-state index contributed by atoms with van der Waals surface area (Å²) in [5, 5.41) is 0. The number of fused-ring (bicyclic) bond motifs is 1. The number of aryl methyl sites for hydroxylation is 1. The van der Waals surface area contributed by atoms with Gasteiger partial charge in [-0.2, -0.15) is 4.31 Å². The van der Waals surface area contributed by atoms with Crippen molar-refractivity contribution in [1.82, 2.24) is 4.31 Å². The summed E-state index contributed by atoms with van der Waals surface area (Å²) in [6.07, 6.45) is 0.854. The quantitative estimate of drug-likeness (QED) is 0.814. The molecule has 0 aromatic heterocycles. The van der Waals surface area contributed by atoms with Gasteiger partial charge in [0.25, 0.3) is 0 Å². The highest BCUT2D eigenvalue weighted by molar-refractivity contribution is 7.89. The molecule has 6 nitrogen and oxygen atoms in total. The van der Waals surface area contributed by atoms with E-state index in [4.69, 9.17) is 4.74 Å². The maximum absolute atomic E-state index is 13.2. The Balaban J connectivity index is 2.00. The summed E-state index contributed by atoms with van der Waals surface area (Å²) in [4.78, 5) is 13.7. The molecule has 0 spiro atoms. The predicted molar refractivity (Wildman–Crippen MR) is 91.6 cm³/mol. The van der Waals surface area contributed by atoms with Crippen molar-refractivity contribution in [3.8, 4) is 0 Å². The highest BCUT2D eigenvalue weighted by atomic mass is 32.2. The Hall–Kier alpha value is -1.44. The SMILES string of the molecule is CC1CN(S(=O)(=O)c2ccc3c(c2)CCC(=O)N3C)C(C)(C)CO1. The first kappa shape index (κ1) is 17.4. The van der Waals surface area contributed by atoms with Crippen molar-refractivity contribution in [2.75, 3.05) is 25.1 Å². The van der Waals surface area contributed by atoms with Gasteiger partial charge in [0, 0.05) is 25.7 Å². The number of amides is 1. The Kier molecular flexibility index (Phi) is 4.22. The van der Waals surface area contributed by atoms with E-state index in [9.17, 15) is 13.2 Å². The number of benzene rings is 1. The van der Waals surface area contributed by atoms with Crippen molar-refractivity contribution >= 4 is 21.6 Å². The van der Waals surface area contributed by atoms with Gasteiger partial charge in [0.05, 0.1) is 23.1 Å². The molecule has 1 atom stereocenters. The second kappa shape index (κ2) is 5.82. The number of ether oxygens (including phenoxy) is 1. The monoisotopic (exact) mass is 352 g/mol. The summed E-state index contributed by atoms with van der Waals surface area (Å²) in [6, 6.07) is 5.04. The van der Waals surface area contributed by atoms with E-state index in [0.717, 1.165) is 11.3 Å². The molecule has 2 heterocycles. The average molecular weight is 352 g/mol. The first-order valence-electron chi connectivity index (χ1n) is 8.17. The highest BCUT2D eigenvalue weighted by Gasteiger charge is 2.42. The summed E-state index contributed by atoms with van der Waals surface area (Å²) in [7, 11) is -1.89. The number of hydrogen-bond donors (Lipinski definition) is 0. The van der Waals surface area contributed by atoms with Gasteiger partial charge in [0.15, 0.2) is 0 Å². The standard InChI is InChI=1S/C17H24N2O4S/c1-12-10-19(17(2,3)11-23-12)24(21,22)14-6-7-15-13(9-14)5-8-16(20)18(15)4/h6-7,9,12H,5,8,10-11H2,1-4H3. The number of anilines is 1. The van der Waals surface area contributed by atoms with Crippen LogP contribution in [0.5, 0.6) is 0 Å². The normalized spacial score (nSPS) is 24.8. The highest BCUT2D eigenvalue weighted by Crippen LogP contribution is 2.33. The first-order valence-corrected chi connectivity index (χ1v) is 9.61. The van der Waals surface area contributed by atoms with Crippen LogP contribution in [0.15, 0.2) is 23.1 Å². The molecular formula is C17H24N2O4S. The molecule has 132 valence electrons. The van der Waals surface area contributed by atoms with Crippen molar-refractivity contribution in [2.24, 2.45) is 0 Å². The van der Waals surface area contributed by atoms with E-state index in [1.54, 1.807) is 30.1 Å². The molecule has 1 saturated heterocycles. The molecule has 1 amide bonds. The molecule has 0 aliphatic carbocycles. The number of hydrogen-bond acceptors (Lipinski definition) is 4. The summed E-state index contributed by atoms with van der Waals surface area (Å²) in [5.74, 6) is 0.0567. The summed E-state index contributed by atoms with van der Waals surface area (Å²) in [6.45, 7) is 6.34. The minimum Gasteiger partial charge on any atom is -0.375 e. The molecule has 1 unspecified atom stereocenters. The van der Waals surface area contributed by atoms with E-state index in [0.29, 0.717) is 26.0 Å². The molecule has 24 heavy (non-hydrogen) atoms. The fourth-order valence-corrected chi connectivity index (χ4v) is 5.19. The molecule has 7 heteroatoms. The van der Waals surface area contributed by atoms with Crippen LogP contribution in [-0.4, -0.2) is 50.5 Å². The van der Waals surface area contributed by atoms with Crippen molar-refractivity contribution in [3.05, 3.63) is 23.8 Å². The molecule has 1 aromatic carbocycles. The second-order valence-corrected chi connectivity index (χ2v) is 9.08. The van der Waals surface area contributed by atoms with Crippen LogP contribution in [0.4, 0.5) is 5.69 Å². The third kappa shape index (κ3) is 2.85. The Morgan fingerprint density at radius 1 is 1.25 bits per heavy atom. The van der Waals surface area contributed by atoms with Gasteiger partial charge < -0.3 is 9.64 Å². The third-order valence-electron chi connectivity index (χ3n) is 4.80. The largest absolute Gasteiger partial charge is 0.375 e. The average Bonchev–Trinajstić information content (AvgIpc) is 2.53.